The van der Waals surface area contributed by atoms with Crippen molar-refractivity contribution in [3.05, 3.63) is 194 Å². The number of fused-ring (bicyclic) bond motifs is 7. The van der Waals surface area contributed by atoms with Crippen LogP contribution in [0, 0.1) is 0 Å². The van der Waals surface area contributed by atoms with Gasteiger partial charge in [-0.1, -0.05) is 121 Å². The maximum absolute atomic E-state index is 2.46. The largest absolute Gasteiger partial charge is 0.311 e. The highest BCUT2D eigenvalue weighted by Gasteiger charge is 2.19. The first kappa shape index (κ1) is 29.5. The Bertz CT molecular complexity index is 2780. The van der Waals surface area contributed by atoms with Crippen molar-refractivity contribution in [2.75, 3.05) is 4.90 Å². The highest BCUT2D eigenvalue weighted by Crippen LogP contribution is 2.45. The molecule has 0 fully saturated rings. The average Bonchev–Trinajstić information content (AvgIpc) is 3.75. The van der Waals surface area contributed by atoms with Crippen LogP contribution in [-0.4, -0.2) is 4.57 Å². The van der Waals surface area contributed by atoms with Crippen LogP contribution < -0.4 is 4.90 Å². The molecule has 240 valence electrons. The third-order valence-corrected chi connectivity index (χ3v) is 11.2. The van der Waals surface area contributed by atoms with Crippen LogP contribution in [0.4, 0.5) is 17.1 Å². The molecule has 0 aliphatic heterocycles. The predicted molar refractivity (Wildman–Crippen MR) is 219 cm³/mol. The lowest BCUT2D eigenvalue weighted by Crippen LogP contribution is -2.09. The summed E-state index contributed by atoms with van der Waals surface area (Å²) < 4.78 is 5.08. The van der Waals surface area contributed by atoms with Crippen LogP contribution in [0.1, 0.15) is 0 Å². The summed E-state index contributed by atoms with van der Waals surface area (Å²) in [5.74, 6) is 0. The van der Waals surface area contributed by atoms with Gasteiger partial charge in [0, 0.05) is 49.0 Å². The van der Waals surface area contributed by atoms with Crippen LogP contribution in [0.2, 0.25) is 0 Å². The molecule has 10 aromatic rings. The van der Waals surface area contributed by atoms with E-state index in [1.54, 1.807) is 0 Å². The molecule has 51 heavy (non-hydrogen) atoms. The van der Waals surface area contributed by atoms with Crippen molar-refractivity contribution in [2.45, 2.75) is 0 Å². The van der Waals surface area contributed by atoms with Gasteiger partial charge >= 0.3 is 0 Å². The predicted octanol–water partition coefficient (Wildman–Crippen LogP) is 14.0. The molecule has 0 atom stereocenters. The first-order chi connectivity index (χ1) is 25.3. The first-order valence-electron chi connectivity index (χ1n) is 17.4. The zero-order valence-electron chi connectivity index (χ0n) is 27.8. The van der Waals surface area contributed by atoms with Gasteiger partial charge in [0.05, 0.1) is 15.7 Å². The molecule has 0 radical (unpaired) electrons. The van der Waals surface area contributed by atoms with Crippen molar-refractivity contribution >= 4 is 70.4 Å². The Hall–Kier alpha value is -6.42. The average molecular weight is 669 g/mol. The number of aromatic nitrogens is 1. The van der Waals surface area contributed by atoms with E-state index in [0.717, 1.165) is 17.1 Å². The molecule has 0 bridgehead atoms. The number of hydrogen-bond donors (Lipinski definition) is 0. The summed E-state index contributed by atoms with van der Waals surface area (Å²) in [5, 5.41) is 5.14. The summed E-state index contributed by atoms with van der Waals surface area (Å²) in [6.07, 6.45) is 0. The fourth-order valence-corrected chi connectivity index (χ4v) is 8.79. The summed E-state index contributed by atoms with van der Waals surface area (Å²) in [7, 11) is 0. The molecule has 2 heterocycles. The van der Waals surface area contributed by atoms with Gasteiger partial charge in [-0.25, -0.2) is 0 Å². The minimum Gasteiger partial charge on any atom is -0.311 e. The van der Waals surface area contributed by atoms with Crippen LogP contribution in [0.3, 0.4) is 0 Å². The van der Waals surface area contributed by atoms with Crippen molar-refractivity contribution in [3.8, 4) is 27.9 Å². The van der Waals surface area contributed by atoms with Crippen molar-refractivity contribution in [1.29, 1.82) is 0 Å². The summed E-state index contributed by atoms with van der Waals surface area (Å²) in [6, 6.07) is 70.1. The van der Waals surface area contributed by atoms with E-state index in [-0.39, 0.29) is 0 Å². The molecule has 8 aromatic carbocycles. The minimum absolute atomic E-state index is 1.13. The summed E-state index contributed by atoms with van der Waals surface area (Å²) in [5.41, 5.74) is 12.0. The fraction of sp³-hybridized carbons (Fsp3) is 0. The number of rotatable bonds is 6. The Morgan fingerprint density at radius 2 is 0.882 bits per heavy atom. The summed E-state index contributed by atoms with van der Waals surface area (Å²) in [6.45, 7) is 0. The maximum Gasteiger partial charge on any atom is 0.0719 e. The second kappa shape index (κ2) is 12.2. The first-order valence-corrected chi connectivity index (χ1v) is 18.2. The third kappa shape index (κ3) is 5.01. The van der Waals surface area contributed by atoms with Crippen LogP contribution in [0.15, 0.2) is 194 Å². The molecular formula is C48H32N2S. The standard InChI is InChI=1S/C48H32N2S/c1-5-13-33(14-6-1)35-23-29-45-43(31-35)41-27-28-42-44-32-36(24-30-46(44)51-48(42)47(41)50(45)39-19-11-4-12-20-39)34-21-25-40(26-22-34)49(37-15-7-2-8-16-37)38-17-9-3-10-18-38/h1-32H. The van der Waals surface area contributed by atoms with Gasteiger partial charge in [-0.05, 0) is 95.1 Å². The summed E-state index contributed by atoms with van der Waals surface area (Å²) >= 11 is 1.89. The van der Waals surface area contributed by atoms with E-state index in [0.29, 0.717) is 0 Å². The molecular weight excluding hydrogens is 637 g/mol. The molecule has 3 heteroatoms. The van der Waals surface area contributed by atoms with Crippen molar-refractivity contribution in [1.82, 2.24) is 4.57 Å². The lowest BCUT2D eigenvalue weighted by molar-refractivity contribution is 1.19. The Labute approximate surface area is 300 Å². The second-order valence-corrected chi connectivity index (χ2v) is 14.0. The molecule has 0 saturated carbocycles. The van der Waals surface area contributed by atoms with Crippen molar-refractivity contribution in [3.63, 3.8) is 0 Å². The molecule has 0 aliphatic carbocycles. The number of anilines is 3. The fourth-order valence-electron chi connectivity index (χ4n) is 7.57. The number of benzene rings is 8. The van der Waals surface area contributed by atoms with Gasteiger partial charge in [0.1, 0.15) is 0 Å². The van der Waals surface area contributed by atoms with E-state index >= 15 is 0 Å². The van der Waals surface area contributed by atoms with Gasteiger partial charge < -0.3 is 9.47 Å². The number of thiophene rings is 1. The van der Waals surface area contributed by atoms with Gasteiger partial charge in [0.2, 0.25) is 0 Å². The van der Waals surface area contributed by atoms with Gasteiger partial charge in [-0.2, -0.15) is 0 Å². The zero-order chi connectivity index (χ0) is 33.7. The SMILES string of the molecule is c1ccc(-c2ccc3c(c2)c2ccc4c5cc(-c6ccc(N(c7ccccc7)c7ccccc7)cc6)ccc5sc4c2n3-c2ccccc2)cc1. The van der Waals surface area contributed by atoms with Crippen molar-refractivity contribution in [2.24, 2.45) is 0 Å². The van der Waals surface area contributed by atoms with E-state index in [4.69, 9.17) is 0 Å². The smallest absolute Gasteiger partial charge is 0.0719 e. The lowest BCUT2D eigenvalue weighted by Gasteiger charge is -2.25. The Kier molecular flexibility index (Phi) is 7.04. The Balaban J connectivity index is 1.11. The van der Waals surface area contributed by atoms with Gasteiger partial charge in [-0.3, -0.25) is 0 Å². The molecule has 10 rings (SSSR count). The van der Waals surface area contributed by atoms with E-state index in [9.17, 15) is 0 Å². The Morgan fingerprint density at radius 3 is 1.55 bits per heavy atom. The molecule has 0 N–H and O–H groups in total. The highest BCUT2D eigenvalue weighted by molar-refractivity contribution is 7.26. The van der Waals surface area contributed by atoms with Gasteiger partial charge in [0.25, 0.3) is 0 Å². The minimum atomic E-state index is 1.13. The zero-order valence-corrected chi connectivity index (χ0v) is 28.6. The number of hydrogen-bond acceptors (Lipinski definition) is 2. The van der Waals surface area contributed by atoms with E-state index in [1.165, 1.54) is 69.9 Å². The van der Waals surface area contributed by atoms with Crippen LogP contribution in [-0.2, 0) is 0 Å². The van der Waals surface area contributed by atoms with E-state index < -0.39 is 0 Å². The molecule has 2 aromatic heterocycles. The van der Waals surface area contributed by atoms with Gasteiger partial charge in [-0.15, -0.1) is 11.3 Å². The highest BCUT2D eigenvalue weighted by atomic mass is 32.1. The van der Waals surface area contributed by atoms with Gasteiger partial charge in [0.15, 0.2) is 0 Å². The summed E-state index contributed by atoms with van der Waals surface area (Å²) in [4.78, 5) is 2.30. The third-order valence-electron chi connectivity index (χ3n) is 9.97. The second-order valence-electron chi connectivity index (χ2n) is 13.0. The molecule has 2 nitrogen and oxygen atoms in total. The van der Waals surface area contributed by atoms with E-state index in [1.807, 2.05) is 11.3 Å². The molecule has 0 aliphatic rings. The molecule has 0 unspecified atom stereocenters. The number of para-hydroxylation sites is 3. The van der Waals surface area contributed by atoms with Crippen LogP contribution in [0.25, 0.3) is 69.9 Å². The quantitative estimate of drug-likeness (QED) is 0.171. The normalized spacial score (nSPS) is 11.5. The maximum atomic E-state index is 2.46. The van der Waals surface area contributed by atoms with Crippen molar-refractivity contribution < 1.29 is 0 Å². The van der Waals surface area contributed by atoms with Crippen LogP contribution in [0.5, 0.6) is 0 Å². The molecule has 0 spiro atoms. The molecule has 0 amide bonds. The topological polar surface area (TPSA) is 8.17 Å². The number of nitrogens with zero attached hydrogens (tertiary/aromatic N) is 2. The Morgan fingerprint density at radius 1 is 0.373 bits per heavy atom. The van der Waals surface area contributed by atoms with E-state index in [2.05, 4.69) is 204 Å². The lowest BCUT2D eigenvalue weighted by atomic mass is 10.0. The van der Waals surface area contributed by atoms with Crippen LogP contribution >= 0.6 is 11.3 Å². The molecule has 0 saturated heterocycles. The monoisotopic (exact) mass is 668 g/mol.